The Balaban J connectivity index is 1.98. The number of hydrogen-bond acceptors (Lipinski definition) is 1. The molecule has 1 aromatic rings. The number of rotatable bonds is 9. The Kier molecular flexibility index (Phi) is 7.94. The van der Waals surface area contributed by atoms with E-state index in [0.29, 0.717) is 17.1 Å². The molecule has 21 heavy (non-hydrogen) atoms. The van der Waals surface area contributed by atoms with Gasteiger partial charge >= 0.3 is 6.18 Å². The first-order valence-corrected chi connectivity index (χ1v) is 7.87. The van der Waals surface area contributed by atoms with Gasteiger partial charge < -0.3 is 5.73 Å². The summed E-state index contributed by atoms with van der Waals surface area (Å²) in [5.74, 6) is 0. The zero-order chi connectivity index (χ0) is 15.7. The molecule has 0 unspecified atom stereocenters. The summed E-state index contributed by atoms with van der Waals surface area (Å²) in [4.78, 5) is 0. The van der Waals surface area contributed by atoms with Crippen LogP contribution < -0.4 is 5.73 Å². The third-order valence-corrected chi connectivity index (χ3v) is 3.83. The first-order valence-electron chi connectivity index (χ1n) is 7.49. The lowest BCUT2D eigenvalue weighted by Crippen LogP contribution is -2.06. The summed E-state index contributed by atoms with van der Waals surface area (Å²) in [6.45, 7) is 0. The average molecular weight is 322 g/mol. The first kappa shape index (κ1) is 18.1. The van der Waals surface area contributed by atoms with Crippen LogP contribution in [0.25, 0.3) is 0 Å². The minimum absolute atomic E-state index is 0.257. The molecule has 0 amide bonds. The van der Waals surface area contributed by atoms with Crippen molar-refractivity contribution in [1.82, 2.24) is 0 Å². The number of alkyl halides is 3. The van der Waals surface area contributed by atoms with E-state index in [4.69, 9.17) is 17.3 Å². The highest BCUT2D eigenvalue weighted by Crippen LogP contribution is 2.23. The number of halogens is 4. The van der Waals surface area contributed by atoms with Crippen LogP contribution in [0.4, 0.5) is 18.9 Å². The Hall–Kier alpha value is -0.900. The van der Waals surface area contributed by atoms with Gasteiger partial charge in [0.05, 0.1) is 10.7 Å². The second-order valence-corrected chi connectivity index (χ2v) is 5.85. The molecule has 0 saturated heterocycles. The molecule has 0 atom stereocenters. The van der Waals surface area contributed by atoms with E-state index in [9.17, 15) is 13.2 Å². The van der Waals surface area contributed by atoms with Gasteiger partial charge in [-0.2, -0.15) is 13.2 Å². The third kappa shape index (κ3) is 8.86. The number of aryl methyl sites for hydroxylation is 1. The molecule has 0 aliphatic rings. The summed E-state index contributed by atoms with van der Waals surface area (Å²) in [6.07, 6.45) is 2.41. The van der Waals surface area contributed by atoms with E-state index in [0.717, 1.165) is 38.5 Å². The number of hydrogen-bond donors (Lipinski definition) is 1. The fraction of sp³-hybridized carbons (Fsp3) is 0.625. The van der Waals surface area contributed by atoms with E-state index in [1.807, 2.05) is 18.2 Å². The van der Waals surface area contributed by atoms with Gasteiger partial charge in [-0.1, -0.05) is 49.8 Å². The molecule has 0 spiro atoms. The van der Waals surface area contributed by atoms with Crippen LogP contribution in [0.1, 0.15) is 56.9 Å². The largest absolute Gasteiger partial charge is 0.398 e. The number of anilines is 1. The Morgan fingerprint density at radius 3 is 2.05 bits per heavy atom. The lowest BCUT2D eigenvalue weighted by Gasteiger charge is -2.06. The summed E-state index contributed by atoms with van der Waals surface area (Å²) >= 11 is 5.86. The Morgan fingerprint density at radius 1 is 0.905 bits per heavy atom. The number of nitrogens with two attached hydrogens (primary N) is 1. The van der Waals surface area contributed by atoms with Crippen molar-refractivity contribution in [2.75, 3.05) is 5.73 Å². The third-order valence-electron chi connectivity index (χ3n) is 3.49. The minimum atomic E-state index is -4.00. The van der Waals surface area contributed by atoms with Crippen LogP contribution >= 0.6 is 11.6 Å². The second-order valence-electron chi connectivity index (χ2n) is 5.45. The molecule has 1 rings (SSSR count). The van der Waals surface area contributed by atoms with Crippen molar-refractivity contribution in [1.29, 1.82) is 0 Å². The van der Waals surface area contributed by atoms with Crippen molar-refractivity contribution < 1.29 is 13.2 Å². The molecule has 0 fully saturated rings. The standard InChI is InChI=1S/C16H23ClF3N/c17-14-10-9-13(12-15(14)21)8-6-4-2-1-3-5-7-11-16(18,19)20/h9-10,12H,1-8,11,21H2. The molecule has 1 aromatic carbocycles. The van der Waals surface area contributed by atoms with Crippen molar-refractivity contribution in [3.63, 3.8) is 0 Å². The van der Waals surface area contributed by atoms with E-state index in [2.05, 4.69) is 0 Å². The van der Waals surface area contributed by atoms with Gasteiger partial charge in [0.2, 0.25) is 0 Å². The molecule has 2 N–H and O–H groups in total. The quantitative estimate of drug-likeness (QED) is 0.428. The Labute approximate surface area is 129 Å². The number of unbranched alkanes of at least 4 members (excludes halogenated alkanes) is 6. The molecule has 0 aliphatic carbocycles. The molecule has 0 bridgehead atoms. The van der Waals surface area contributed by atoms with Gasteiger partial charge in [-0.15, -0.1) is 0 Å². The minimum Gasteiger partial charge on any atom is -0.398 e. The van der Waals surface area contributed by atoms with Crippen LogP contribution in [0.3, 0.4) is 0 Å². The van der Waals surface area contributed by atoms with Crippen molar-refractivity contribution in [3.8, 4) is 0 Å². The second kappa shape index (κ2) is 9.19. The first-order chi connectivity index (χ1) is 9.88. The molecular formula is C16H23ClF3N. The van der Waals surface area contributed by atoms with Crippen molar-refractivity contribution in [3.05, 3.63) is 28.8 Å². The van der Waals surface area contributed by atoms with Gasteiger partial charge in [-0.25, -0.2) is 0 Å². The molecular weight excluding hydrogens is 299 g/mol. The van der Waals surface area contributed by atoms with E-state index < -0.39 is 12.6 Å². The molecule has 0 heterocycles. The van der Waals surface area contributed by atoms with Crippen LogP contribution in [0, 0.1) is 0 Å². The van der Waals surface area contributed by atoms with Crippen molar-refractivity contribution in [2.24, 2.45) is 0 Å². The highest BCUT2D eigenvalue weighted by molar-refractivity contribution is 6.33. The van der Waals surface area contributed by atoms with Crippen molar-refractivity contribution >= 4 is 17.3 Å². The molecule has 120 valence electrons. The summed E-state index contributed by atoms with van der Waals surface area (Å²) in [5.41, 5.74) is 7.53. The summed E-state index contributed by atoms with van der Waals surface area (Å²) in [7, 11) is 0. The monoisotopic (exact) mass is 321 g/mol. The molecule has 0 aliphatic heterocycles. The van der Waals surface area contributed by atoms with Gasteiger partial charge in [-0.3, -0.25) is 0 Å². The summed E-state index contributed by atoms with van der Waals surface area (Å²) in [5, 5.41) is 0.581. The summed E-state index contributed by atoms with van der Waals surface area (Å²) in [6, 6.07) is 5.70. The average Bonchev–Trinajstić information content (AvgIpc) is 2.39. The van der Waals surface area contributed by atoms with Gasteiger partial charge in [0.1, 0.15) is 0 Å². The fourth-order valence-electron chi connectivity index (χ4n) is 2.29. The maximum Gasteiger partial charge on any atom is 0.389 e. The fourth-order valence-corrected chi connectivity index (χ4v) is 2.40. The molecule has 1 nitrogen and oxygen atoms in total. The lowest BCUT2D eigenvalue weighted by atomic mass is 10.0. The van der Waals surface area contributed by atoms with Gasteiger partial charge in [-0.05, 0) is 37.0 Å². The molecule has 0 saturated carbocycles. The number of nitrogen functional groups attached to an aromatic ring is 1. The zero-order valence-electron chi connectivity index (χ0n) is 12.2. The zero-order valence-corrected chi connectivity index (χ0v) is 12.9. The smallest absolute Gasteiger partial charge is 0.389 e. The van der Waals surface area contributed by atoms with Gasteiger partial charge in [0, 0.05) is 6.42 Å². The molecule has 0 aromatic heterocycles. The number of benzene rings is 1. The van der Waals surface area contributed by atoms with Crippen LogP contribution in [0.5, 0.6) is 0 Å². The van der Waals surface area contributed by atoms with E-state index in [-0.39, 0.29) is 6.42 Å². The predicted octanol–water partition coefficient (Wildman–Crippen LogP) is 6.15. The van der Waals surface area contributed by atoms with Crippen LogP contribution in [-0.2, 0) is 6.42 Å². The van der Waals surface area contributed by atoms with Crippen LogP contribution in [0.2, 0.25) is 5.02 Å². The van der Waals surface area contributed by atoms with E-state index in [1.165, 1.54) is 5.56 Å². The SMILES string of the molecule is Nc1cc(CCCCCCCCCC(F)(F)F)ccc1Cl. The van der Waals surface area contributed by atoms with Crippen molar-refractivity contribution in [2.45, 2.75) is 64.0 Å². The Morgan fingerprint density at radius 2 is 1.48 bits per heavy atom. The Bertz CT molecular complexity index is 418. The summed E-state index contributed by atoms with van der Waals surface area (Å²) < 4.78 is 35.8. The van der Waals surface area contributed by atoms with E-state index >= 15 is 0 Å². The highest BCUT2D eigenvalue weighted by Gasteiger charge is 2.25. The predicted molar refractivity (Wildman–Crippen MR) is 82.6 cm³/mol. The maximum absolute atomic E-state index is 11.9. The van der Waals surface area contributed by atoms with Crippen LogP contribution in [0.15, 0.2) is 18.2 Å². The highest BCUT2D eigenvalue weighted by atomic mass is 35.5. The molecule has 5 heteroatoms. The topological polar surface area (TPSA) is 26.0 Å². The normalized spacial score (nSPS) is 11.8. The lowest BCUT2D eigenvalue weighted by molar-refractivity contribution is -0.135. The van der Waals surface area contributed by atoms with Gasteiger partial charge in [0.15, 0.2) is 0 Å². The molecule has 0 radical (unpaired) electrons. The van der Waals surface area contributed by atoms with Gasteiger partial charge in [0.25, 0.3) is 0 Å². The van der Waals surface area contributed by atoms with Crippen LogP contribution in [-0.4, -0.2) is 6.18 Å². The van der Waals surface area contributed by atoms with E-state index in [1.54, 1.807) is 0 Å². The maximum atomic E-state index is 11.9.